The van der Waals surface area contributed by atoms with E-state index < -0.39 is 10.9 Å². The van der Waals surface area contributed by atoms with Crippen LogP contribution in [0.25, 0.3) is 0 Å². The van der Waals surface area contributed by atoms with Gasteiger partial charge in [0.1, 0.15) is 5.56 Å². The number of anilines is 1. The van der Waals surface area contributed by atoms with Crippen LogP contribution in [0.2, 0.25) is 0 Å². The van der Waals surface area contributed by atoms with E-state index in [1.807, 2.05) is 0 Å². The minimum Gasteiger partial charge on any atom is -0.465 e. The summed E-state index contributed by atoms with van der Waals surface area (Å²) in [5.41, 5.74) is -0.387. The van der Waals surface area contributed by atoms with Gasteiger partial charge < -0.3 is 14.4 Å². The minimum atomic E-state index is -0.739. The predicted octanol–water partition coefficient (Wildman–Crippen LogP) is 1.39. The number of hydrogen-bond donors (Lipinski definition) is 0. The first-order chi connectivity index (χ1) is 10.1. The quantitative estimate of drug-likeness (QED) is 0.470. The van der Waals surface area contributed by atoms with Crippen molar-refractivity contribution in [2.75, 3.05) is 32.2 Å². The Morgan fingerprint density at radius 1 is 1.43 bits per heavy atom. The summed E-state index contributed by atoms with van der Waals surface area (Å²) in [6.45, 7) is 1.19. The van der Waals surface area contributed by atoms with E-state index in [-0.39, 0.29) is 23.2 Å². The fraction of sp³-hybridized carbons (Fsp3) is 0.538. The van der Waals surface area contributed by atoms with Gasteiger partial charge in [-0.15, -0.1) is 0 Å². The fourth-order valence-corrected chi connectivity index (χ4v) is 2.43. The lowest BCUT2D eigenvalue weighted by Gasteiger charge is -2.31. The van der Waals surface area contributed by atoms with Crippen molar-refractivity contribution < 1.29 is 19.2 Å². The summed E-state index contributed by atoms with van der Waals surface area (Å²) in [6, 6.07) is 1.30. The Hall–Kier alpha value is -2.22. The Bertz CT molecular complexity index is 541. The molecule has 1 aliphatic heterocycles. The van der Waals surface area contributed by atoms with E-state index in [1.54, 1.807) is 12.0 Å². The predicted molar refractivity (Wildman–Crippen MR) is 74.5 cm³/mol. The van der Waals surface area contributed by atoms with Crippen molar-refractivity contribution in [3.05, 3.63) is 27.9 Å². The lowest BCUT2D eigenvalue weighted by atomic mass is 10.1. The van der Waals surface area contributed by atoms with Crippen LogP contribution in [0.15, 0.2) is 12.3 Å². The number of pyridine rings is 1. The highest BCUT2D eigenvalue weighted by molar-refractivity contribution is 5.96. The molecule has 1 fully saturated rings. The number of nitrogens with zero attached hydrogens (tertiary/aromatic N) is 3. The SMILES string of the molecule is COC(=O)c1ccnc(N2CCC(OC)CC2)c1[N+](=O)[O-]. The average Bonchev–Trinajstić information content (AvgIpc) is 2.53. The number of nitro groups is 1. The van der Waals surface area contributed by atoms with E-state index in [2.05, 4.69) is 9.72 Å². The highest BCUT2D eigenvalue weighted by Gasteiger charge is 2.31. The topological polar surface area (TPSA) is 94.8 Å². The van der Waals surface area contributed by atoms with E-state index in [0.29, 0.717) is 13.1 Å². The summed E-state index contributed by atoms with van der Waals surface area (Å²) in [7, 11) is 2.84. The van der Waals surface area contributed by atoms with E-state index in [9.17, 15) is 14.9 Å². The van der Waals surface area contributed by atoms with Gasteiger partial charge in [0.25, 0.3) is 0 Å². The molecule has 0 bridgehead atoms. The van der Waals surface area contributed by atoms with Crippen LogP contribution in [0.1, 0.15) is 23.2 Å². The van der Waals surface area contributed by atoms with Crippen molar-refractivity contribution in [2.45, 2.75) is 18.9 Å². The number of esters is 1. The molecule has 0 aliphatic carbocycles. The van der Waals surface area contributed by atoms with Gasteiger partial charge in [-0.25, -0.2) is 9.78 Å². The maximum absolute atomic E-state index is 11.7. The molecule has 8 nitrogen and oxygen atoms in total. The first kappa shape index (κ1) is 15.2. The summed E-state index contributed by atoms with van der Waals surface area (Å²) in [5.74, 6) is -0.533. The molecule has 0 aromatic carbocycles. The molecule has 0 radical (unpaired) electrons. The second-order valence-electron chi connectivity index (χ2n) is 4.70. The molecule has 8 heteroatoms. The Morgan fingerprint density at radius 2 is 2.10 bits per heavy atom. The van der Waals surface area contributed by atoms with Crippen molar-refractivity contribution >= 4 is 17.5 Å². The molecule has 0 amide bonds. The van der Waals surface area contributed by atoms with Gasteiger partial charge in [0, 0.05) is 26.4 Å². The third-order valence-electron chi connectivity index (χ3n) is 3.57. The molecule has 114 valence electrons. The minimum absolute atomic E-state index is 0.0821. The highest BCUT2D eigenvalue weighted by Crippen LogP contribution is 2.32. The highest BCUT2D eigenvalue weighted by atomic mass is 16.6. The number of ether oxygens (including phenoxy) is 2. The molecule has 2 heterocycles. The zero-order valence-corrected chi connectivity index (χ0v) is 11.9. The standard InChI is InChI=1S/C13H17N3O5/c1-20-9-4-7-15(8-5-9)12-11(16(18)19)10(3-6-14-12)13(17)21-2/h3,6,9H,4-5,7-8H2,1-2H3. The second-order valence-corrected chi connectivity index (χ2v) is 4.70. The molecule has 1 aliphatic rings. The smallest absolute Gasteiger partial charge is 0.345 e. The van der Waals surface area contributed by atoms with Gasteiger partial charge in [-0.1, -0.05) is 0 Å². The van der Waals surface area contributed by atoms with Crippen LogP contribution < -0.4 is 4.90 Å². The average molecular weight is 295 g/mol. The molecular weight excluding hydrogens is 278 g/mol. The monoisotopic (exact) mass is 295 g/mol. The molecule has 1 aromatic heterocycles. The van der Waals surface area contributed by atoms with Crippen LogP contribution in [-0.2, 0) is 9.47 Å². The first-order valence-corrected chi connectivity index (χ1v) is 6.58. The number of carbonyl (C=O) groups excluding carboxylic acids is 1. The Morgan fingerprint density at radius 3 is 2.62 bits per heavy atom. The van der Waals surface area contributed by atoms with E-state index in [0.717, 1.165) is 12.8 Å². The summed E-state index contributed by atoms with van der Waals surface area (Å²) in [5, 5.41) is 11.3. The molecule has 1 aromatic rings. The zero-order valence-electron chi connectivity index (χ0n) is 11.9. The van der Waals surface area contributed by atoms with E-state index >= 15 is 0 Å². The molecular formula is C13H17N3O5. The van der Waals surface area contributed by atoms with Gasteiger partial charge in [-0.2, -0.15) is 0 Å². The molecule has 21 heavy (non-hydrogen) atoms. The maximum Gasteiger partial charge on any atom is 0.345 e. The van der Waals surface area contributed by atoms with Crippen LogP contribution in [-0.4, -0.2) is 49.3 Å². The van der Waals surface area contributed by atoms with Gasteiger partial charge in [-0.05, 0) is 18.9 Å². The number of aromatic nitrogens is 1. The molecule has 1 saturated heterocycles. The fourth-order valence-electron chi connectivity index (χ4n) is 2.43. The van der Waals surface area contributed by atoms with E-state index in [4.69, 9.17) is 4.74 Å². The Balaban J connectivity index is 2.35. The number of methoxy groups -OCH3 is 2. The van der Waals surface area contributed by atoms with Gasteiger partial charge >= 0.3 is 11.7 Å². The number of carbonyl (C=O) groups is 1. The second kappa shape index (κ2) is 6.49. The largest absolute Gasteiger partial charge is 0.465 e. The molecule has 0 N–H and O–H groups in total. The third-order valence-corrected chi connectivity index (χ3v) is 3.57. The summed E-state index contributed by atoms with van der Waals surface area (Å²) in [4.78, 5) is 28.3. The van der Waals surface area contributed by atoms with Crippen molar-refractivity contribution in [3.8, 4) is 0 Å². The van der Waals surface area contributed by atoms with Crippen LogP contribution in [0.3, 0.4) is 0 Å². The van der Waals surface area contributed by atoms with Crippen molar-refractivity contribution in [3.63, 3.8) is 0 Å². The lowest BCUT2D eigenvalue weighted by Crippen LogP contribution is -2.37. The molecule has 0 unspecified atom stereocenters. The third kappa shape index (κ3) is 3.10. The van der Waals surface area contributed by atoms with Crippen molar-refractivity contribution in [1.29, 1.82) is 0 Å². The molecule has 0 spiro atoms. The van der Waals surface area contributed by atoms with Gasteiger partial charge in [-0.3, -0.25) is 10.1 Å². The van der Waals surface area contributed by atoms with Gasteiger partial charge in [0.05, 0.1) is 18.1 Å². The summed E-state index contributed by atoms with van der Waals surface area (Å²) >= 11 is 0. The van der Waals surface area contributed by atoms with Crippen LogP contribution in [0.4, 0.5) is 11.5 Å². The van der Waals surface area contributed by atoms with Crippen molar-refractivity contribution in [1.82, 2.24) is 4.98 Å². The zero-order chi connectivity index (χ0) is 15.4. The summed E-state index contributed by atoms with van der Waals surface area (Å²) in [6.07, 6.45) is 3.07. The van der Waals surface area contributed by atoms with E-state index in [1.165, 1.54) is 19.4 Å². The number of hydrogen-bond acceptors (Lipinski definition) is 7. The Kier molecular flexibility index (Phi) is 4.69. The number of piperidine rings is 1. The number of rotatable bonds is 4. The molecule has 0 saturated carbocycles. The maximum atomic E-state index is 11.7. The molecule has 0 atom stereocenters. The van der Waals surface area contributed by atoms with Crippen LogP contribution >= 0.6 is 0 Å². The Labute approximate surface area is 121 Å². The van der Waals surface area contributed by atoms with Crippen LogP contribution in [0, 0.1) is 10.1 Å². The van der Waals surface area contributed by atoms with Crippen molar-refractivity contribution in [2.24, 2.45) is 0 Å². The first-order valence-electron chi connectivity index (χ1n) is 6.58. The van der Waals surface area contributed by atoms with Crippen LogP contribution in [0.5, 0.6) is 0 Å². The van der Waals surface area contributed by atoms with Gasteiger partial charge in [0.15, 0.2) is 0 Å². The molecule has 2 rings (SSSR count). The lowest BCUT2D eigenvalue weighted by molar-refractivity contribution is -0.384. The normalized spacial score (nSPS) is 15.8. The van der Waals surface area contributed by atoms with Gasteiger partial charge in [0.2, 0.25) is 5.82 Å². The summed E-state index contributed by atoms with van der Waals surface area (Å²) < 4.78 is 9.87.